The topological polar surface area (TPSA) is 52.6 Å². The van der Waals surface area contributed by atoms with Crippen molar-refractivity contribution in [2.45, 2.75) is 20.3 Å². The van der Waals surface area contributed by atoms with Crippen molar-refractivity contribution in [2.24, 2.45) is 0 Å². The molecule has 4 nitrogen and oxygen atoms in total. The van der Waals surface area contributed by atoms with Gasteiger partial charge >= 0.3 is 11.9 Å². The Hall–Kier alpha value is -1.06. The summed E-state index contributed by atoms with van der Waals surface area (Å²) < 4.78 is 9.03. The summed E-state index contributed by atoms with van der Waals surface area (Å²) in [5, 5.41) is 0. The molecule has 0 aliphatic heterocycles. The second-order valence-electron chi connectivity index (χ2n) is 1.90. The molecule has 0 unspecified atom stereocenters. The van der Waals surface area contributed by atoms with E-state index in [4.69, 9.17) is 0 Å². The number of ether oxygens (including phenoxy) is 2. The first-order chi connectivity index (χ1) is 5.13. The average molecular weight is 159 g/mol. The summed E-state index contributed by atoms with van der Waals surface area (Å²) in [5.74, 6) is -0.700. The Morgan fingerprint density at radius 2 is 1.91 bits per heavy atom. The minimum atomic E-state index is -0.368. The Bertz CT molecular complexity index is 125. The summed E-state index contributed by atoms with van der Waals surface area (Å²) in [5.41, 5.74) is 0. The molecular weight excluding hydrogens is 148 g/mol. The summed E-state index contributed by atoms with van der Waals surface area (Å²) in [4.78, 5) is 20.4. The van der Waals surface area contributed by atoms with Gasteiger partial charge in [0.2, 0.25) is 0 Å². The van der Waals surface area contributed by atoms with Gasteiger partial charge in [0.05, 0.1) is 6.61 Å². The molecule has 0 saturated heterocycles. The maximum atomic E-state index is 10.2. The summed E-state index contributed by atoms with van der Waals surface area (Å²) >= 11 is 0. The van der Waals surface area contributed by atoms with Crippen LogP contribution in [0.4, 0.5) is 0 Å². The maximum Gasteiger partial charge on any atom is 0.303 e. The lowest BCUT2D eigenvalue weighted by Crippen LogP contribution is -2.03. The van der Waals surface area contributed by atoms with E-state index >= 15 is 0 Å². The molecular formula is C7H11O4. The SMILES string of the molecule is CC(=O)O[CH]CCOC(C)=O. The van der Waals surface area contributed by atoms with Crippen molar-refractivity contribution in [1.82, 2.24) is 0 Å². The monoisotopic (exact) mass is 159 g/mol. The first-order valence-electron chi connectivity index (χ1n) is 3.25. The van der Waals surface area contributed by atoms with Gasteiger partial charge in [-0.25, -0.2) is 0 Å². The number of esters is 2. The zero-order valence-corrected chi connectivity index (χ0v) is 6.62. The molecule has 0 aromatic rings. The van der Waals surface area contributed by atoms with E-state index in [9.17, 15) is 9.59 Å². The molecule has 0 fully saturated rings. The Labute approximate surface area is 65.5 Å². The molecule has 0 atom stereocenters. The minimum Gasteiger partial charge on any atom is -0.466 e. The van der Waals surface area contributed by atoms with Gasteiger partial charge < -0.3 is 9.47 Å². The Morgan fingerprint density at radius 3 is 2.36 bits per heavy atom. The fourth-order valence-corrected chi connectivity index (χ4v) is 0.427. The Kier molecular flexibility index (Phi) is 5.15. The van der Waals surface area contributed by atoms with E-state index in [2.05, 4.69) is 9.47 Å². The first kappa shape index (κ1) is 9.94. The van der Waals surface area contributed by atoms with Crippen molar-refractivity contribution in [3.63, 3.8) is 0 Å². The molecule has 0 saturated carbocycles. The number of hydrogen-bond acceptors (Lipinski definition) is 4. The van der Waals surface area contributed by atoms with Crippen LogP contribution >= 0.6 is 0 Å². The number of rotatable bonds is 4. The molecule has 4 heteroatoms. The van der Waals surface area contributed by atoms with Crippen LogP contribution in [0.15, 0.2) is 0 Å². The third-order valence-electron chi connectivity index (χ3n) is 0.790. The molecule has 0 rings (SSSR count). The zero-order chi connectivity index (χ0) is 8.69. The van der Waals surface area contributed by atoms with Crippen molar-refractivity contribution < 1.29 is 19.1 Å². The maximum absolute atomic E-state index is 10.2. The van der Waals surface area contributed by atoms with Crippen LogP contribution in [0.3, 0.4) is 0 Å². The van der Waals surface area contributed by atoms with Gasteiger partial charge in [0.15, 0.2) is 0 Å². The van der Waals surface area contributed by atoms with Gasteiger partial charge in [-0.15, -0.1) is 0 Å². The van der Waals surface area contributed by atoms with E-state index in [1.165, 1.54) is 20.5 Å². The van der Waals surface area contributed by atoms with Crippen LogP contribution in [0.25, 0.3) is 0 Å². The second kappa shape index (κ2) is 5.70. The fraction of sp³-hybridized carbons (Fsp3) is 0.571. The van der Waals surface area contributed by atoms with Crippen molar-refractivity contribution in [2.75, 3.05) is 6.61 Å². The van der Waals surface area contributed by atoms with E-state index < -0.39 is 0 Å². The highest BCUT2D eigenvalue weighted by molar-refractivity contribution is 5.66. The smallest absolute Gasteiger partial charge is 0.303 e. The quantitative estimate of drug-likeness (QED) is 0.446. The molecule has 0 aliphatic rings. The van der Waals surface area contributed by atoms with Crippen molar-refractivity contribution >= 4 is 11.9 Å². The Balaban J connectivity index is 3.03. The number of carbonyl (C=O) groups is 2. The van der Waals surface area contributed by atoms with Crippen LogP contribution in [0, 0.1) is 6.61 Å². The molecule has 0 amide bonds. The molecule has 0 aromatic heterocycles. The van der Waals surface area contributed by atoms with Gasteiger partial charge in [0.25, 0.3) is 0 Å². The van der Waals surface area contributed by atoms with Crippen LogP contribution in [0.2, 0.25) is 0 Å². The van der Waals surface area contributed by atoms with Gasteiger partial charge in [-0.1, -0.05) is 0 Å². The molecule has 11 heavy (non-hydrogen) atoms. The highest BCUT2D eigenvalue weighted by atomic mass is 16.5. The predicted molar refractivity (Wildman–Crippen MR) is 37.3 cm³/mol. The van der Waals surface area contributed by atoms with E-state index in [0.717, 1.165) is 0 Å². The van der Waals surface area contributed by atoms with Crippen molar-refractivity contribution in [3.05, 3.63) is 6.61 Å². The average Bonchev–Trinajstić information content (AvgIpc) is 1.85. The molecule has 63 valence electrons. The standard InChI is InChI=1S/C7H11O4/c1-6(8)10-4-3-5-11-7(2)9/h4H,3,5H2,1-2H3. The van der Waals surface area contributed by atoms with E-state index in [1.54, 1.807) is 0 Å². The normalized spacial score (nSPS) is 8.91. The highest BCUT2D eigenvalue weighted by Crippen LogP contribution is 1.91. The Morgan fingerprint density at radius 1 is 1.27 bits per heavy atom. The number of carbonyl (C=O) groups excluding carboxylic acids is 2. The molecule has 0 N–H and O–H groups in total. The molecule has 0 bridgehead atoms. The predicted octanol–water partition coefficient (Wildman–Crippen LogP) is 0.664. The lowest BCUT2D eigenvalue weighted by Gasteiger charge is -2.00. The molecule has 0 heterocycles. The van der Waals surface area contributed by atoms with Crippen molar-refractivity contribution in [1.29, 1.82) is 0 Å². The largest absolute Gasteiger partial charge is 0.466 e. The minimum absolute atomic E-state index is 0.253. The second-order valence-corrected chi connectivity index (χ2v) is 1.90. The van der Waals surface area contributed by atoms with Gasteiger partial charge in [-0.2, -0.15) is 0 Å². The number of hydrogen-bond donors (Lipinski definition) is 0. The fourth-order valence-electron chi connectivity index (χ4n) is 0.427. The third-order valence-corrected chi connectivity index (χ3v) is 0.790. The summed E-state index contributed by atoms with van der Waals surface area (Å²) in [6.45, 7) is 4.20. The van der Waals surface area contributed by atoms with Crippen LogP contribution in [0.5, 0.6) is 0 Å². The van der Waals surface area contributed by atoms with Gasteiger partial charge in [0, 0.05) is 20.3 Å². The third kappa shape index (κ3) is 8.94. The van der Waals surface area contributed by atoms with Gasteiger partial charge in [0.1, 0.15) is 6.61 Å². The lowest BCUT2D eigenvalue weighted by molar-refractivity contribution is -0.141. The highest BCUT2D eigenvalue weighted by Gasteiger charge is 1.95. The van der Waals surface area contributed by atoms with Crippen molar-refractivity contribution in [3.8, 4) is 0 Å². The summed E-state index contributed by atoms with van der Waals surface area (Å²) in [7, 11) is 0. The molecule has 0 spiro atoms. The van der Waals surface area contributed by atoms with Crippen LogP contribution in [0.1, 0.15) is 20.3 Å². The van der Waals surface area contributed by atoms with E-state index in [-0.39, 0.29) is 18.5 Å². The van der Waals surface area contributed by atoms with Gasteiger partial charge in [-0.3, -0.25) is 9.59 Å². The molecule has 1 radical (unpaired) electrons. The summed E-state index contributed by atoms with van der Waals surface area (Å²) in [6, 6.07) is 0. The molecule has 0 aromatic carbocycles. The van der Waals surface area contributed by atoms with Crippen LogP contribution in [-0.4, -0.2) is 18.5 Å². The van der Waals surface area contributed by atoms with Crippen LogP contribution in [-0.2, 0) is 19.1 Å². The lowest BCUT2D eigenvalue weighted by atomic mass is 10.5. The molecule has 0 aliphatic carbocycles. The van der Waals surface area contributed by atoms with E-state index in [1.807, 2.05) is 0 Å². The zero-order valence-electron chi connectivity index (χ0n) is 6.62. The van der Waals surface area contributed by atoms with Crippen LogP contribution < -0.4 is 0 Å². The van der Waals surface area contributed by atoms with E-state index in [0.29, 0.717) is 6.42 Å². The first-order valence-corrected chi connectivity index (χ1v) is 3.25. The summed E-state index contributed by atoms with van der Waals surface area (Å²) in [6.07, 6.45) is 0.430. The van der Waals surface area contributed by atoms with Gasteiger partial charge in [-0.05, 0) is 0 Å².